The van der Waals surface area contributed by atoms with Crippen LogP contribution in [-0.4, -0.2) is 15.3 Å². The molecular weight excluding hydrogens is 182 g/mol. The fraction of sp³-hybridized carbons (Fsp3) is 0.167. The van der Waals surface area contributed by atoms with Gasteiger partial charge in [0.25, 0.3) is 11.2 Å². The first-order chi connectivity index (χ1) is 5.77. The first kappa shape index (κ1) is 7.30. The van der Waals surface area contributed by atoms with E-state index >= 15 is 0 Å². The predicted octanol–water partition coefficient (Wildman–Crippen LogP) is 1.69. The normalized spacial score (nSPS) is 10.5. The van der Waals surface area contributed by atoms with Crippen LogP contribution in [0.15, 0.2) is 15.2 Å². The highest BCUT2D eigenvalue weighted by Gasteiger charge is 2.12. The minimum absolute atomic E-state index is 0.0746. The van der Waals surface area contributed by atoms with Crippen LogP contribution in [0.3, 0.4) is 0 Å². The molecule has 0 aromatic carbocycles. The number of hydrogen-bond donors (Lipinski definition) is 0. The van der Waals surface area contributed by atoms with E-state index in [1.807, 2.05) is 0 Å². The largest absolute Gasteiger partial charge is 0.361 e. The van der Waals surface area contributed by atoms with Crippen LogP contribution in [0, 0.1) is 6.92 Å². The van der Waals surface area contributed by atoms with Crippen LogP contribution in [0.5, 0.6) is 0 Å². The molecule has 0 aliphatic carbocycles. The second kappa shape index (κ2) is 2.60. The summed E-state index contributed by atoms with van der Waals surface area (Å²) >= 11 is 5.46. The van der Waals surface area contributed by atoms with Gasteiger partial charge in [0, 0.05) is 0 Å². The Balaban J connectivity index is 2.50. The van der Waals surface area contributed by atoms with Gasteiger partial charge in [0.2, 0.25) is 0 Å². The van der Waals surface area contributed by atoms with Crippen molar-refractivity contribution in [2.75, 3.05) is 0 Å². The van der Waals surface area contributed by atoms with Crippen molar-refractivity contribution in [3.63, 3.8) is 0 Å². The van der Waals surface area contributed by atoms with Crippen LogP contribution in [-0.2, 0) is 0 Å². The summed E-state index contributed by atoms with van der Waals surface area (Å²) in [5.74, 6) is 0.939. The molecule has 5 nitrogen and oxygen atoms in total. The first-order valence-electron chi connectivity index (χ1n) is 3.18. The average molecular weight is 186 g/mol. The molecule has 0 saturated carbocycles. The van der Waals surface area contributed by atoms with Crippen LogP contribution in [0.2, 0.25) is 5.28 Å². The molecular formula is C6H4ClN3O2. The molecule has 2 aromatic rings. The molecule has 0 radical (unpaired) electrons. The molecule has 0 atom stereocenters. The third-order valence-electron chi connectivity index (χ3n) is 1.38. The molecule has 0 N–H and O–H groups in total. The molecule has 0 bridgehead atoms. The SMILES string of the molecule is Cc1oncc1-c1nc(Cl)no1. The summed E-state index contributed by atoms with van der Waals surface area (Å²) in [6.07, 6.45) is 1.50. The highest BCUT2D eigenvalue weighted by Crippen LogP contribution is 2.21. The van der Waals surface area contributed by atoms with E-state index in [1.165, 1.54) is 6.20 Å². The molecule has 0 aliphatic heterocycles. The van der Waals surface area contributed by atoms with Crippen LogP contribution >= 0.6 is 11.6 Å². The third kappa shape index (κ3) is 1.08. The van der Waals surface area contributed by atoms with Crippen molar-refractivity contribution in [2.24, 2.45) is 0 Å². The van der Waals surface area contributed by atoms with E-state index < -0.39 is 0 Å². The number of halogens is 1. The van der Waals surface area contributed by atoms with Crippen LogP contribution in [0.4, 0.5) is 0 Å². The van der Waals surface area contributed by atoms with Gasteiger partial charge in [-0.15, -0.1) is 0 Å². The standard InChI is InChI=1S/C6H4ClN3O2/c1-3-4(2-8-11-3)5-9-6(7)10-12-5/h2H,1H3. The number of nitrogens with zero attached hydrogens (tertiary/aromatic N) is 3. The third-order valence-corrected chi connectivity index (χ3v) is 1.54. The lowest BCUT2D eigenvalue weighted by Gasteiger charge is -1.84. The predicted molar refractivity (Wildman–Crippen MR) is 39.5 cm³/mol. The maximum atomic E-state index is 5.46. The van der Waals surface area contributed by atoms with Crippen molar-refractivity contribution in [2.45, 2.75) is 6.92 Å². The van der Waals surface area contributed by atoms with E-state index in [1.54, 1.807) is 6.92 Å². The van der Waals surface area contributed by atoms with Gasteiger partial charge in [-0.25, -0.2) is 0 Å². The van der Waals surface area contributed by atoms with Crippen LogP contribution in [0.1, 0.15) is 5.76 Å². The maximum absolute atomic E-state index is 5.46. The highest BCUT2D eigenvalue weighted by molar-refractivity contribution is 6.28. The number of aromatic nitrogens is 3. The first-order valence-corrected chi connectivity index (χ1v) is 3.56. The molecule has 2 aromatic heterocycles. The number of hydrogen-bond acceptors (Lipinski definition) is 5. The van der Waals surface area contributed by atoms with Gasteiger partial charge in [0.05, 0.1) is 6.20 Å². The van der Waals surface area contributed by atoms with Gasteiger partial charge in [-0.05, 0) is 23.7 Å². The molecule has 0 aliphatic rings. The topological polar surface area (TPSA) is 65.0 Å². The maximum Gasteiger partial charge on any atom is 0.264 e. The molecule has 2 rings (SSSR count). The lowest BCUT2D eigenvalue weighted by molar-refractivity contribution is 0.395. The fourth-order valence-electron chi connectivity index (χ4n) is 0.819. The Morgan fingerprint density at radius 1 is 1.42 bits per heavy atom. The highest BCUT2D eigenvalue weighted by atomic mass is 35.5. The van der Waals surface area contributed by atoms with E-state index in [0.29, 0.717) is 17.2 Å². The molecule has 0 fully saturated rings. The van der Waals surface area contributed by atoms with Gasteiger partial charge in [-0.1, -0.05) is 5.16 Å². The summed E-state index contributed by atoms with van der Waals surface area (Å²) in [6, 6.07) is 0. The van der Waals surface area contributed by atoms with Crippen LogP contribution < -0.4 is 0 Å². The van der Waals surface area contributed by atoms with Crippen molar-refractivity contribution in [3.8, 4) is 11.5 Å². The monoisotopic (exact) mass is 185 g/mol. The molecule has 12 heavy (non-hydrogen) atoms. The molecule has 0 spiro atoms. The number of rotatable bonds is 1. The number of aryl methyl sites for hydroxylation is 1. The average Bonchev–Trinajstić information content (AvgIpc) is 2.58. The van der Waals surface area contributed by atoms with Crippen molar-refractivity contribution < 1.29 is 9.05 Å². The van der Waals surface area contributed by atoms with E-state index in [4.69, 9.17) is 20.6 Å². The summed E-state index contributed by atoms with van der Waals surface area (Å²) in [7, 11) is 0. The van der Waals surface area contributed by atoms with E-state index in [0.717, 1.165) is 0 Å². The van der Waals surface area contributed by atoms with E-state index in [2.05, 4.69) is 15.3 Å². The van der Waals surface area contributed by atoms with Gasteiger partial charge in [0.15, 0.2) is 0 Å². The minimum Gasteiger partial charge on any atom is -0.361 e. The molecule has 62 valence electrons. The minimum atomic E-state index is 0.0746. The fourth-order valence-corrected chi connectivity index (χ4v) is 0.930. The summed E-state index contributed by atoms with van der Waals surface area (Å²) in [6.45, 7) is 1.75. The smallest absolute Gasteiger partial charge is 0.264 e. The lowest BCUT2D eigenvalue weighted by atomic mass is 10.3. The van der Waals surface area contributed by atoms with Crippen molar-refractivity contribution in [1.29, 1.82) is 0 Å². The zero-order valence-electron chi connectivity index (χ0n) is 6.11. The second-order valence-corrected chi connectivity index (χ2v) is 2.50. The van der Waals surface area contributed by atoms with E-state index in [9.17, 15) is 0 Å². The lowest BCUT2D eigenvalue weighted by Crippen LogP contribution is -1.75. The molecule has 6 heteroatoms. The molecule has 0 unspecified atom stereocenters. The summed E-state index contributed by atoms with van der Waals surface area (Å²) in [5.41, 5.74) is 0.661. The Kier molecular flexibility index (Phi) is 1.58. The van der Waals surface area contributed by atoms with Gasteiger partial charge in [-0.2, -0.15) is 4.98 Å². The summed E-state index contributed by atoms with van der Waals surface area (Å²) < 4.78 is 9.60. The quantitative estimate of drug-likeness (QED) is 0.676. The molecule has 0 saturated heterocycles. The second-order valence-electron chi connectivity index (χ2n) is 2.16. The zero-order valence-corrected chi connectivity index (χ0v) is 6.87. The Labute approximate surface area is 72.3 Å². The Bertz CT molecular complexity index is 395. The van der Waals surface area contributed by atoms with Crippen LogP contribution in [0.25, 0.3) is 11.5 Å². The zero-order chi connectivity index (χ0) is 8.55. The Morgan fingerprint density at radius 3 is 2.75 bits per heavy atom. The van der Waals surface area contributed by atoms with Gasteiger partial charge in [-0.3, -0.25) is 0 Å². The van der Waals surface area contributed by atoms with Gasteiger partial charge < -0.3 is 9.05 Å². The van der Waals surface area contributed by atoms with Crippen molar-refractivity contribution in [1.82, 2.24) is 15.3 Å². The molecule has 0 amide bonds. The van der Waals surface area contributed by atoms with Crippen molar-refractivity contribution >= 4 is 11.6 Å². The Hall–Kier alpha value is -1.36. The summed E-state index contributed by atoms with van der Waals surface area (Å²) in [5, 5.41) is 7.06. The van der Waals surface area contributed by atoms with Crippen molar-refractivity contribution in [3.05, 3.63) is 17.2 Å². The van der Waals surface area contributed by atoms with Gasteiger partial charge in [0.1, 0.15) is 11.3 Å². The van der Waals surface area contributed by atoms with Gasteiger partial charge >= 0.3 is 0 Å². The Morgan fingerprint density at radius 2 is 2.25 bits per heavy atom. The summed E-state index contributed by atoms with van der Waals surface area (Å²) in [4.78, 5) is 3.80. The molecule has 2 heterocycles. The van der Waals surface area contributed by atoms with E-state index in [-0.39, 0.29) is 5.28 Å².